The van der Waals surface area contributed by atoms with Crippen molar-refractivity contribution in [1.82, 2.24) is 24.1 Å². The molecule has 0 bridgehead atoms. The van der Waals surface area contributed by atoms with Crippen LogP contribution >= 0.6 is 0 Å². The molecule has 0 atom stereocenters. The first-order valence-electron chi connectivity index (χ1n) is 21.5. The van der Waals surface area contributed by atoms with Crippen LogP contribution in [0.5, 0.6) is 0 Å². The third-order valence-electron chi connectivity index (χ3n) is 13.4. The molecule has 64 heavy (non-hydrogen) atoms. The third kappa shape index (κ3) is 4.49. The van der Waals surface area contributed by atoms with Crippen LogP contribution < -0.4 is 0 Å². The van der Waals surface area contributed by atoms with Gasteiger partial charge in [0, 0.05) is 56.8 Å². The van der Waals surface area contributed by atoms with E-state index in [1.54, 1.807) is 0 Å². The summed E-state index contributed by atoms with van der Waals surface area (Å²) >= 11 is 0. The summed E-state index contributed by atoms with van der Waals surface area (Å²) in [4.78, 5) is 15.7. The quantitative estimate of drug-likeness (QED) is 0.162. The van der Waals surface area contributed by atoms with Gasteiger partial charge in [0.15, 0.2) is 0 Å². The van der Waals surface area contributed by atoms with E-state index in [1.165, 1.54) is 10.8 Å². The predicted molar refractivity (Wildman–Crippen MR) is 262 cm³/mol. The minimum Gasteiger partial charge on any atom is -0.292 e. The molecule has 0 saturated carbocycles. The molecule has 0 saturated heterocycles. The Labute approximate surface area is 365 Å². The summed E-state index contributed by atoms with van der Waals surface area (Å²) in [6, 6.07) is 64.7. The summed E-state index contributed by atoms with van der Waals surface area (Å²) in [5.74, 6) is 0. The fourth-order valence-corrected chi connectivity index (χ4v) is 11.0. The Kier molecular flexibility index (Phi) is 7.08. The predicted octanol–water partition coefficient (Wildman–Crippen LogP) is 14.4. The number of rotatable bonds is 5. The molecule has 14 aromatic rings. The Morgan fingerprint density at radius 1 is 0.328 bits per heavy atom. The van der Waals surface area contributed by atoms with E-state index in [0.29, 0.717) is 11.3 Å². The Morgan fingerprint density at radius 3 is 1.14 bits per heavy atom. The van der Waals surface area contributed by atoms with E-state index >= 15 is 0 Å². The fraction of sp³-hybridized carbons (Fsp3) is 0. The lowest BCUT2D eigenvalue weighted by Gasteiger charge is -2.27. The van der Waals surface area contributed by atoms with E-state index in [-0.39, 0.29) is 0 Å². The zero-order chi connectivity index (χ0) is 42.0. The molecule has 294 valence electrons. The molecule has 0 unspecified atom stereocenters. The second kappa shape index (κ2) is 13.0. The van der Waals surface area contributed by atoms with Gasteiger partial charge in [-0.2, -0.15) is 5.26 Å². The minimum absolute atomic E-state index is 0.487. The van der Waals surface area contributed by atoms with Crippen molar-refractivity contribution in [3.05, 3.63) is 200 Å². The Morgan fingerprint density at radius 2 is 0.688 bits per heavy atom. The Balaban J connectivity index is 1.30. The normalized spacial score (nSPS) is 12.0. The van der Waals surface area contributed by atoms with Gasteiger partial charge >= 0.3 is 0 Å². The van der Waals surface area contributed by atoms with Gasteiger partial charge in [0.1, 0.15) is 28.6 Å². The number of pyridine rings is 3. The van der Waals surface area contributed by atoms with Gasteiger partial charge in [0.2, 0.25) is 0 Å². The van der Waals surface area contributed by atoms with Crippen molar-refractivity contribution in [2.45, 2.75) is 0 Å². The molecule has 5 heterocycles. The highest BCUT2D eigenvalue weighted by Gasteiger charge is 2.34. The lowest BCUT2D eigenvalue weighted by atomic mass is 9.82. The average molecular weight is 813 g/mol. The zero-order valence-electron chi connectivity index (χ0n) is 34.2. The number of nitriles is 1. The highest BCUT2D eigenvalue weighted by atomic mass is 15.1. The van der Waals surface area contributed by atoms with E-state index < -0.39 is 0 Å². The Hall–Kier alpha value is -8.92. The number of fused-ring (bicyclic) bond motifs is 6. The maximum absolute atomic E-state index is 12.3. The summed E-state index contributed by atoms with van der Waals surface area (Å²) in [5.41, 5.74) is 11.0. The summed E-state index contributed by atoms with van der Waals surface area (Å²) in [6.07, 6.45) is 5.71. The molecule has 0 radical (unpaired) electrons. The molecule has 0 fully saturated rings. The van der Waals surface area contributed by atoms with Gasteiger partial charge in [-0.1, -0.05) is 152 Å². The van der Waals surface area contributed by atoms with Gasteiger partial charge in [-0.15, -0.1) is 0 Å². The van der Waals surface area contributed by atoms with Gasteiger partial charge in [-0.3, -0.25) is 9.13 Å². The molecule has 6 heteroatoms. The van der Waals surface area contributed by atoms with Gasteiger partial charge < -0.3 is 0 Å². The van der Waals surface area contributed by atoms with Crippen LogP contribution in [0.2, 0.25) is 0 Å². The maximum Gasteiger partial charge on any atom is 0.147 e. The van der Waals surface area contributed by atoms with Gasteiger partial charge in [0.25, 0.3) is 0 Å². The van der Waals surface area contributed by atoms with Gasteiger partial charge in [-0.05, 0) is 84.0 Å². The first kappa shape index (κ1) is 34.8. The second-order valence-electron chi connectivity index (χ2n) is 16.5. The molecule has 6 nitrogen and oxygen atoms in total. The molecule has 14 rings (SSSR count). The highest BCUT2D eigenvalue weighted by molar-refractivity contribution is 6.35. The molecule has 5 aromatic heterocycles. The summed E-state index contributed by atoms with van der Waals surface area (Å²) in [7, 11) is 0. The van der Waals surface area contributed by atoms with Crippen molar-refractivity contribution < 1.29 is 0 Å². The van der Waals surface area contributed by atoms with Gasteiger partial charge in [0.05, 0.1) is 16.9 Å². The van der Waals surface area contributed by atoms with Crippen molar-refractivity contribution in [3.63, 3.8) is 0 Å². The van der Waals surface area contributed by atoms with Crippen LogP contribution in [0.3, 0.4) is 0 Å². The van der Waals surface area contributed by atoms with Crippen LogP contribution in [0.15, 0.2) is 195 Å². The standard InChI is InChI=1S/C58H32N6/c59-33-45-54(63-46-26-14-25-41-37-21-10-11-22-38(37)42-27-30-60-56(63)51(42)50(41)46)48(35-17-6-2-7-18-35)47(34-15-4-1-5-16-34)49(36-19-8-3-9-20-36)55(45)64-57-52-43(28-31-61-57)39-23-12-13-24-40(39)44-29-32-62-58(64)53(44)52/h1-32H. The first-order chi connectivity index (χ1) is 31.8. The van der Waals surface area contributed by atoms with E-state index in [2.05, 4.69) is 179 Å². The van der Waals surface area contributed by atoms with Crippen molar-refractivity contribution >= 4 is 87.1 Å². The van der Waals surface area contributed by atoms with Crippen LogP contribution in [0.25, 0.3) is 132 Å². The van der Waals surface area contributed by atoms with Crippen molar-refractivity contribution in [2.75, 3.05) is 0 Å². The summed E-state index contributed by atoms with van der Waals surface area (Å²) in [6.45, 7) is 0. The lowest BCUT2D eigenvalue weighted by molar-refractivity contribution is 1.07. The van der Waals surface area contributed by atoms with Crippen LogP contribution in [-0.4, -0.2) is 24.1 Å². The molecule has 0 amide bonds. The maximum atomic E-state index is 12.3. The number of aromatic nitrogens is 5. The van der Waals surface area contributed by atoms with Crippen molar-refractivity contribution in [3.8, 4) is 50.8 Å². The second-order valence-corrected chi connectivity index (χ2v) is 16.5. The monoisotopic (exact) mass is 812 g/mol. The van der Waals surface area contributed by atoms with Crippen LogP contribution in [-0.2, 0) is 0 Å². The average Bonchev–Trinajstić information content (AvgIpc) is 3.89. The molecule has 0 aliphatic heterocycles. The third-order valence-corrected chi connectivity index (χ3v) is 13.4. The molecule has 9 aromatic carbocycles. The number of benzene rings is 9. The largest absolute Gasteiger partial charge is 0.292 e. The zero-order valence-corrected chi connectivity index (χ0v) is 34.2. The summed E-state index contributed by atoms with van der Waals surface area (Å²) < 4.78 is 4.45. The number of nitrogens with zero attached hydrogens (tertiary/aromatic N) is 6. The molecule has 0 aliphatic carbocycles. The first-order valence-corrected chi connectivity index (χ1v) is 21.5. The minimum atomic E-state index is 0.487. The van der Waals surface area contributed by atoms with Crippen LogP contribution in [0, 0.1) is 11.3 Å². The van der Waals surface area contributed by atoms with E-state index in [0.717, 1.165) is 115 Å². The molecular weight excluding hydrogens is 781 g/mol. The lowest BCUT2D eigenvalue weighted by Crippen LogP contribution is -2.11. The van der Waals surface area contributed by atoms with E-state index in [4.69, 9.17) is 15.0 Å². The molecular formula is C58H32N6. The molecule has 0 spiro atoms. The SMILES string of the molecule is N#Cc1c(-n2c3cccc4c5ccccc5c5ccnc2c5c43)c(-c2ccccc2)c(-c2ccccc2)c(-c2ccccc2)c1-n1c2nccc3c4ccccc4c4ccnc1c4c32. The van der Waals surface area contributed by atoms with Crippen LogP contribution in [0.1, 0.15) is 5.56 Å². The van der Waals surface area contributed by atoms with E-state index in [9.17, 15) is 5.26 Å². The van der Waals surface area contributed by atoms with E-state index in [1.807, 2.05) is 30.7 Å². The van der Waals surface area contributed by atoms with Crippen LogP contribution in [0.4, 0.5) is 0 Å². The smallest absolute Gasteiger partial charge is 0.147 e. The topological polar surface area (TPSA) is 72.3 Å². The van der Waals surface area contributed by atoms with Crippen molar-refractivity contribution in [2.24, 2.45) is 0 Å². The highest BCUT2D eigenvalue weighted by Crippen LogP contribution is 2.53. The van der Waals surface area contributed by atoms with Gasteiger partial charge in [-0.25, -0.2) is 15.0 Å². The molecule has 0 aliphatic rings. The molecule has 0 N–H and O–H groups in total. The van der Waals surface area contributed by atoms with Crippen molar-refractivity contribution in [1.29, 1.82) is 5.26 Å². The number of hydrogen-bond acceptors (Lipinski definition) is 4. The Bertz CT molecular complexity index is 3820. The summed E-state index contributed by atoms with van der Waals surface area (Å²) in [5, 5.41) is 25.6. The fourth-order valence-electron chi connectivity index (χ4n) is 11.0. The number of hydrogen-bond donors (Lipinski definition) is 0.